The lowest BCUT2D eigenvalue weighted by Crippen LogP contribution is -1.77. The number of allylic oxidation sites excluding steroid dienone is 4. The second-order valence-electron chi connectivity index (χ2n) is 3.02. The Balaban J connectivity index is 3.54. The molecule has 0 aliphatic heterocycles. The monoisotopic (exact) mass is 264 g/mol. The lowest BCUT2D eigenvalue weighted by Gasteiger charge is -1.96. The van der Waals surface area contributed by atoms with Crippen molar-refractivity contribution in [3.8, 4) is 0 Å². The maximum atomic E-state index is 2.38. The molecular weight excluding hydrogens is 247 g/mol. The van der Waals surface area contributed by atoms with E-state index < -0.39 is 0 Å². The Bertz CT molecular complexity index is 150. The van der Waals surface area contributed by atoms with Gasteiger partial charge < -0.3 is 0 Å². The van der Waals surface area contributed by atoms with Gasteiger partial charge in [0.1, 0.15) is 0 Å². The van der Waals surface area contributed by atoms with E-state index in [0.717, 1.165) is 4.43 Å². The van der Waals surface area contributed by atoms with Crippen LogP contribution in [0.1, 0.15) is 33.6 Å². The number of hydrogen-bond acceptors (Lipinski definition) is 0. The van der Waals surface area contributed by atoms with E-state index in [-0.39, 0.29) is 0 Å². The molecule has 0 saturated heterocycles. The summed E-state index contributed by atoms with van der Waals surface area (Å²) in [6.07, 6.45) is 7.00. The molecule has 0 aromatic heterocycles. The van der Waals surface area contributed by atoms with Crippen LogP contribution >= 0.6 is 22.6 Å². The molecule has 0 amide bonds. The van der Waals surface area contributed by atoms with Gasteiger partial charge in [-0.15, -0.1) is 0 Å². The van der Waals surface area contributed by atoms with E-state index in [2.05, 4.69) is 55.5 Å². The standard InChI is InChI=1S/C10H17I/c1-9(2)5-4-6-10(3)7-8-11/h5,7H,4,6,8H2,1-3H3. The number of halogens is 1. The second-order valence-corrected chi connectivity index (χ2v) is 3.91. The summed E-state index contributed by atoms with van der Waals surface area (Å²) in [7, 11) is 0. The summed E-state index contributed by atoms with van der Waals surface area (Å²) < 4.78 is 1.14. The molecular formula is C10H17I. The van der Waals surface area contributed by atoms with E-state index in [4.69, 9.17) is 0 Å². The largest absolute Gasteiger partial charge is 0.0856 e. The summed E-state index contributed by atoms with van der Waals surface area (Å²) in [6, 6.07) is 0. The highest BCUT2D eigenvalue weighted by molar-refractivity contribution is 14.1. The van der Waals surface area contributed by atoms with Crippen LogP contribution in [0.3, 0.4) is 0 Å². The molecule has 0 N–H and O–H groups in total. The van der Waals surface area contributed by atoms with Crippen molar-refractivity contribution in [1.29, 1.82) is 0 Å². The first-order valence-corrected chi connectivity index (χ1v) is 5.54. The summed E-state index contributed by atoms with van der Waals surface area (Å²) >= 11 is 2.38. The van der Waals surface area contributed by atoms with Gasteiger partial charge in [-0.25, -0.2) is 0 Å². The minimum absolute atomic E-state index is 1.14. The molecule has 0 radical (unpaired) electrons. The molecule has 0 atom stereocenters. The molecule has 0 aliphatic carbocycles. The van der Waals surface area contributed by atoms with E-state index in [1.54, 1.807) is 0 Å². The van der Waals surface area contributed by atoms with E-state index in [1.165, 1.54) is 24.0 Å². The predicted molar refractivity (Wildman–Crippen MR) is 61.3 cm³/mol. The van der Waals surface area contributed by atoms with E-state index >= 15 is 0 Å². The van der Waals surface area contributed by atoms with Crippen molar-refractivity contribution < 1.29 is 0 Å². The molecule has 0 aromatic carbocycles. The maximum Gasteiger partial charge on any atom is 0.0178 e. The molecule has 0 fully saturated rings. The van der Waals surface area contributed by atoms with Gasteiger partial charge in [0.2, 0.25) is 0 Å². The van der Waals surface area contributed by atoms with Crippen LogP contribution in [0.4, 0.5) is 0 Å². The fourth-order valence-corrected chi connectivity index (χ4v) is 1.57. The van der Waals surface area contributed by atoms with Gasteiger partial charge in [0.05, 0.1) is 0 Å². The molecule has 0 spiro atoms. The lowest BCUT2D eigenvalue weighted by molar-refractivity contribution is 0.965. The van der Waals surface area contributed by atoms with E-state index in [1.807, 2.05) is 0 Å². The average Bonchev–Trinajstić information content (AvgIpc) is 1.87. The molecule has 64 valence electrons. The van der Waals surface area contributed by atoms with Gasteiger partial charge in [-0.1, -0.05) is 45.9 Å². The topological polar surface area (TPSA) is 0 Å². The first-order valence-electron chi connectivity index (χ1n) is 4.01. The molecule has 0 aliphatic rings. The number of rotatable bonds is 4. The van der Waals surface area contributed by atoms with Crippen LogP contribution < -0.4 is 0 Å². The van der Waals surface area contributed by atoms with Crippen molar-refractivity contribution in [2.45, 2.75) is 33.6 Å². The molecule has 0 aromatic rings. The van der Waals surface area contributed by atoms with Crippen LogP contribution in [0.5, 0.6) is 0 Å². The predicted octanol–water partition coefficient (Wildman–Crippen LogP) is 4.11. The van der Waals surface area contributed by atoms with Gasteiger partial charge in [0.15, 0.2) is 0 Å². The highest BCUT2D eigenvalue weighted by Gasteiger charge is 1.86. The Morgan fingerprint density at radius 1 is 1.18 bits per heavy atom. The number of alkyl halides is 1. The molecule has 0 rings (SSSR count). The lowest BCUT2D eigenvalue weighted by atomic mass is 10.1. The first-order chi connectivity index (χ1) is 5.16. The van der Waals surface area contributed by atoms with Crippen LogP contribution in [0.15, 0.2) is 23.3 Å². The van der Waals surface area contributed by atoms with E-state index in [9.17, 15) is 0 Å². The quantitative estimate of drug-likeness (QED) is 0.407. The van der Waals surface area contributed by atoms with Crippen LogP contribution in [0.25, 0.3) is 0 Å². The third-order valence-corrected chi connectivity index (χ3v) is 1.96. The van der Waals surface area contributed by atoms with Crippen LogP contribution in [-0.4, -0.2) is 4.43 Å². The number of hydrogen-bond donors (Lipinski definition) is 0. The van der Waals surface area contributed by atoms with Crippen molar-refractivity contribution in [1.82, 2.24) is 0 Å². The third-order valence-electron chi connectivity index (χ3n) is 1.52. The normalized spacial score (nSPS) is 11.5. The van der Waals surface area contributed by atoms with Crippen molar-refractivity contribution in [3.63, 3.8) is 0 Å². The molecule has 0 saturated carbocycles. The highest BCUT2D eigenvalue weighted by atomic mass is 127. The summed E-state index contributed by atoms with van der Waals surface area (Å²) in [5.74, 6) is 0. The Morgan fingerprint density at radius 2 is 1.82 bits per heavy atom. The molecule has 0 bridgehead atoms. The van der Waals surface area contributed by atoms with Gasteiger partial charge in [-0.2, -0.15) is 0 Å². The van der Waals surface area contributed by atoms with Crippen molar-refractivity contribution in [2.24, 2.45) is 0 Å². The molecule has 0 heterocycles. The Kier molecular flexibility index (Phi) is 7.02. The van der Waals surface area contributed by atoms with Gasteiger partial charge in [-0.05, 0) is 33.6 Å². The van der Waals surface area contributed by atoms with Gasteiger partial charge in [0.25, 0.3) is 0 Å². The molecule has 0 unspecified atom stereocenters. The molecule has 1 heteroatoms. The Morgan fingerprint density at radius 3 is 2.27 bits per heavy atom. The van der Waals surface area contributed by atoms with Crippen LogP contribution in [0.2, 0.25) is 0 Å². The zero-order valence-electron chi connectivity index (χ0n) is 7.65. The van der Waals surface area contributed by atoms with Gasteiger partial charge in [0, 0.05) is 4.43 Å². The van der Waals surface area contributed by atoms with Gasteiger partial charge in [-0.3, -0.25) is 0 Å². The van der Waals surface area contributed by atoms with Crippen LogP contribution in [-0.2, 0) is 0 Å². The first kappa shape index (κ1) is 11.2. The maximum absolute atomic E-state index is 2.38. The van der Waals surface area contributed by atoms with Crippen LogP contribution in [0, 0.1) is 0 Å². The fourth-order valence-electron chi connectivity index (χ4n) is 0.822. The molecule has 11 heavy (non-hydrogen) atoms. The second kappa shape index (κ2) is 6.89. The van der Waals surface area contributed by atoms with E-state index in [0.29, 0.717) is 0 Å². The Hall–Kier alpha value is 0.210. The average molecular weight is 264 g/mol. The van der Waals surface area contributed by atoms with Crippen molar-refractivity contribution in [2.75, 3.05) is 4.43 Å². The third kappa shape index (κ3) is 8.11. The summed E-state index contributed by atoms with van der Waals surface area (Å²) in [4.78, 5) is 0. The van der Waals surface area contributed by atoms with Crippen molar-refractivity contribution >= 4 is 22.6 Å². The fraction of sp³-hybridized carbons (Fsp3) is 0.600. The summed E-state index contributed by atoms with van der Waals surface area (Å²) in [6.45, 7) is 6.51. The summed E-state index contributed by atoms with van der Waals surface area (Å²) in [5, 5.41) is 0. The summed E-state index contributed by atoms with van der Waals surface area (Å²) in [5.41, 5.74) is 2.93. The smallest absolute Gasteiger partial charge is 0.0178 e. The zero-order valence-corrected chi connectivity index (χ0v) is 9.81. The minimum atomic E-state index is 1.14. The molecule has 0 nitrogen and oxygen atoms in total. The Labute approximate surface area is 83.9 Å². The van der Waals surface area contributed by atoms with Gasteiger partial charge >= 0.3 is 0 Å². The minimum Gasteiger partial charge on any atom is -0.0856 e. The van der Waals surface area contributed by atoms with Crippen molar-refractivity contribution in [3.05, 3.63) is 23.3 Å². The highest BCUT2D eigenvalue weighted by Crippen LogP contribution is 2.06. The SMILES string of the molecule is CC(C)=CCCC(C)=CCI. The zero-order chi connectivity index (χ0) is 8.69.